The highest BCUT2D eigenvalue weighted by molar-refractivity contribution is 5.72. The van der Waals surface area contributed by atoms with Crippen LogP contribution in [0.2, 0.25) is 0 Å². The summed E-state index contributed by atoms with van der Waals surface area (Å²) in [7, 11) is 0. The van der Waals surface area contributed by atoms with Crippen LogP contribution in [0.4, 0.5) is 0 Å². The number of hydrogen-bond donors (Lipinski definition) is 1. The number of hydrogen-bond acceptors (Lipinski definition) is 5. The molecule has 6 atom stereocenters. The van der Waals surface area contributed by atoms with Gasteiger partial charge in [0.1, 0.15) is 23.6 Å². The highest BCUT2D eigenvalue weighted by Crippen LogP contribution is 2.73. The molecule has 3 aliphatic rings. The molecule has 5 heteroatoms. The Hall–Kier alpha value is -1.33. The van der Waals surface area contributed by atoms with Crippen molar-refractivity contribution in [1.29, 1.82) is 0 Å². The molecule has 132 valence electrons. The number of esters is 1. The minimum absolute atomic E-state index is 0.00695. The standard InChI is InChI=1S/C19H26O5/c1-9(2)17(21)23-16-13-10(3)8-22-14(13)15(20)19-12(24-19)7-6-11(4)18(16,19)5/h8-9,11-12,15-16,20H,6-7H2,1-5H3. The molecule has 0 radical (unpaired) electrons. The molecule has 1 saturated heterocycles. The van der Waals surface area contributed by atoms with E-state index in [4.69, 9.17) is 13.9 Å². The van der Waals surface area contributed by atoms with Crippen LogP contribution < -0.4 is 0 Å². The van der Waals surface area contributed by atoms with E-state index >= 15 is 0 Å². The molecule has 1 aromatic rings. The summed E-state index contributed by atoms with van der Waals surface area (Å²) in [6.45, 7) is 9.88. The average Bonchev–Trinajstić information content (AvgIpc) is 3.17. The van der Waals surface area contributed by atoms with E-state index in [0.717, 1.165) is 24.0 Å². The van der Waals surface area contributed by atoms with Crippen LogP contribution >= 0.6 is 0 Å². The van der Waals surface area contributed by atoms with Gasteiger partial charge in [-0.1, -0.05) is 27.7 Å². The number of aliphatic hydroxyl groups is 1. The Bertz CT molecular complexity index is 692. The van der Waals surface area contributed by atoms with Crippen LogP contribution in [-0.2, 0) is 14.3 Å². The van der Waals surface area contributed by atoms with Gasteiger partial charge in [-0.15, -0.1) is 0 Å². The van der Waals surface area contributed by atoms with E-state index in [9.17, 15) is 9.90 Å². The number of aryl methyl sites for hydroxylation is 1. The Morgan fingerprint density at radius 2 is 2.12 bits per heavy atom. The average molecular weight is 334 g/mol. The molecule has 2 fully saturated rings. The van der Waals surface area contributed by atoms with E-state index in [2.05, 4.69) is 13.8 Å². The molecule has 1 spiro atoms. The van der Waals surface area contributed by atoms with Crippen molar-refractivity contribution >= 4 is 5.97 Å². The van der Waals surface area contributed by atoms with E-state index < -0.39 is 23.2 Å². The zero-order valence-corrected chi connectivity index (χ0v) is 15.0. The Morgan fingerprint density at radius 1 is 1.42 bits per heavy atom. The molecule has 6 unspecified atom stereocenters. The maximum absolute atomic E-state index is 12.4. The second kappa shape index (κ2) is 4.85. The minimum atomic E-state index is -0.812. The number of epoxide rings is 1. The zero-order valence-electron chi connectivity index (χ0n) is 15.0. The van der Waals surface area contributed by atoms with Crippen LogP contribution in [0.15, 0.2) is 10.7 Å². The van der Waals surface area contributed by atoms with Gasteiger partial charge < -0.3 is 19.0 Å². The molecule has 0 aromatic carbocycles. The molecule has 1 aromatic heterocycles. The van der Waals surface area contributed by atoms with Crippen molar-refractivity contribution in [1.82, 2.24) is 0 Å². The molecule has 1 N–H and O–H groups in total. The minimum Gasteiger partial charge on any atom is -0.466 e. The van der Waals surface area contributed by atoms with Gasteiger partial charge in [-0.3, -0.25) is 4.79 Å². The summed E-state index contributed by atoms with van der Waals surface area (Å²) in [6.07, 6.45) is 2.31. The number of carbonyl (C=O) groups excluding carboxylic acids is 1. The van der Waals surface area contributed by atoms with Crippen molar-refractivity contribution in [2.75, 3.05) is 0 Å². The smallest absolute Gasteiger partial charge is 0.309 e. The summed E-state index contributed by atoms with van der Waals surface area (Å²) in [5, 5.41) is 11.1. The predicted octanol–water partition coefficient (Wildman–Crippen LogP) is 3.45. The molecule has 24 heavy (non-hydrogen) atoms. The van der Waals surface area contributed by atoms with E-state index in [-0.39, 0.29) is 23.9 Å². The lowest BCUT2D eigenvalue weighted by Gasteiger charge is -2.52. The Balaban J connectivity index is 1.89. The molecule has 2 heterocycles. The lowest BCUT2D eigenvalue weighted by molar-refractivity contribution is -0.183. The molecule has 0 bridgehead atoms. The van der Waals surface area contributed by atoms with Crippen molar-refractivity contribution in [2.24, 2.45) is 17.3 Å². The lowest BCUT2D eigenvalue weighted by atomic mass is 9.53. The van der Waals surface area contributed by atoms with Crippen molar-refractivity contribution < 1.29 is 23.8 Å². The fourth-order valence-electron chi connectivity index (χ4n) is 4.98. The van der Waals surface area contributed by atoms with Gasteiger partial charge in [-0.05, 0) is 31.2 Å². The highest BCUT2D eigenvalue weighted by atomic mass is 16.6. The lowest BCUT2D eigenvalue weighted by Crippen LogP contribution is -2.56. The molecule has 5 nitrogen and oxygen atoms in total. The van der Waals surface area contributed by atoms with Gasteiger partial charge in [0.25, 0.3) is 0 Å². The quantitative estimate of drug-likeness (QED) is 0.662. The van der Waals surface area contributed by atoms with E-state index in [1.165, 1.54) is 0 Å². The van der Waals surface area contributed by atoms with Crippen LogP contribution in [0.3, 0.4) is 0 Å². The first kappa shape index (κ1) is 16.2. The topological polar surface area (TPSA) is 72.2 Å². The third-order valence-electron chi connectivity index (χ3n) is 6.71. The SMILES string of the molecule is Cc1coc2c1C(OC(=O)C(C)C)C1(C)C(C)CCC3OC31C2O. The number of aliphatic hydroxyl groups excluding tert-OH is 1. The molecule has 0 amide bonds. The van der Waals surface area contributed by atoms with Crippen molar-refractivity contribution in [3.8, 4) is 0 Å². The number of carbonyl (C=O) groups is 1. The van der Waals surface area contributed by atoms with Crippen molar-refractivity contribution in [2.45, 2.75) is 71.4 Å². The normalized spacial score (nSPS) is 43.0. The second-order valence-corrected chi connectivity index (χ2v) is 8.23. The number of rotatable bonds is 2. The maximum atomic E-state index is 12.4. The molecule has 1 aliphatic heterocycles. The van der Waals surface area contributed by atoms with Gasteiger partial charge >= 0.3 is 5.97 Å². The number of fused-ring (bicyclic) bond motifs is 1. The van der Waals surface area contributed by atoms with Crippen LogP contribution in [0.25, 0.3) is 0 Å². The predicted molar refractivity (Wildman–Crippen MR) is 86.2 cm³/mol. The summed E-state index contributed by atoms with van der Waals surface area (Å²) in [6, 6.07) is 0. The highest BCUT2D eigenvalue weighted by Gasteiger charge is 2.79. The van der Waals surface area contributed by atoms with E-state index in [1.54, 1.807) is 6.26 Å². The molecule has 4 rings (SSSR count). The van der Waals surface area contributed by atoms with Crippen LogP contribution in [0.1, 0.15) is 69.6 Å². The first-order valence-electron chi connectivity index (χ1n) is 8.89. The summed E-state index contributed by atoms with van der Waals surface area (Å²) in [5.41, 5.74) is 0.565. The van der Waals surface area contributed by atoms with Gasteiger partial charge in [-0.25, -0.2) is 0 Å². The summed E-state index contributed by atoms with van der Waals surface area (Å²) < 4.78 is 17.8. The van der Waals surface area contributed by atoms with Gasteiger partial charge in [0.2, 0.25) is 0 Å². The fourth-order valence-corrected chi connectivity index (χ4v) is 4.98. The Labute approximate surface area is 142 Å². The number of furan rings is 1. The van der Waals surface area contributed by atoms with Gasteiger partial charge in [0.05, 0.1) is 18.3 Å². The zero-order chi connectivity index (χ0) is 17.4. The summed E-state index contributed by atoms with van der Waals surface area (Å²) >= 11 is 0. The summed E-state index contributed by atoms with van der Waals surface area (Å²) in [5.74, 6) is 0.331. The first-order valence-corrected chi connectivity index (χ1v) is 8.89. The van der Waals surface area contributed by atoms with Gasteiger partial charge in [0.15, 0.2) is 0 Å². The Kier molecular flexibility index (Phi) is 3.27. The van der Waals surface area contributed by atoms with Crippen LogP contribution in [0, 0.1) is 24.2 Å². The third-order valence-corrected chi connectivity index (χ3v) is 6.71. The van der Waals surface area contributed by atoms with Crippen molar-refractivity contribution in [3.63, 3.8) is 0 Å². The number of ether oxygens (including phenoxy) is 2. The van der Waals surface area contributed by atoms with Gasteiger partial charge in [0, 0.05) is 11.0 Å². The molecule has 1 saturated carbocycles. The molecule has 2 aliphatic carbocycles. The van der Waals surface area contributed by atoms with Gasteiger partial charge in [-0.2, -0.15) is 0 Å². The Morgan fingerprint density at radius 3 is 2.79 bits per heavy atom. The second-order valence-electron chi connectivity index (χ2n) is 8.23. The maximum Gasteiger partial charge on any atom is 0.309 e. The fraction of sp³-hybridized carbons (Fsp3) is 0.737. The largest absolute Gasteiger partial charge is 0.466 e. The van der Waals surface area contributed by atoms with E-state index in [0.29, 0.717) is 5.76 Å². The molecular formula is C19H26O5. The monoisotopic (exact) mass is 334 g/mol. The van der Waals surface area contributed by atoms with E-state index in [1.807, 2.05) is 20.8 Å². The van der Waals surface area contributed by atoms with Crippen LogP contribution in [0.5, 0.6) is 0 Å². The summed E-state index contributed by atoms with van der Waals surface area (Å²) in [4.78, 5) is 12.4. The first-order chi connectivity index (χ1) is 11.2. The van der Waals surface area contributed by atoms with Crippen LogP contribution in [-0.4, -0.2) is 22.8 Å². The molecular weight excluding hydrogens is 308 g/mol. The third kappa shape index (κ3) is 1.70. The van der Waals surface area contributed by atoms with Crippen molar-refractivity contribution in [3.05, 3.63) is 23.2 Å².